The molecule has 13 heavy (non-hydrogen) atoms. The maximum atomic E-state index is 9.52. The van der Waals surface area contributed by atoms with Crippen LogP contribution in [-0.4, -0.2) is 10.2 Å². The third-order valence-corrected chi connectivity index (χ3v) is 2.25. The molecule has 2 rings (SSSR count). The van der Waals surface area contributed by atoms with Gasteiger partial charge >= 0.3 is 0 Å². The van der Waals surface area contributed by atoms with E-state index in [1.165, 1.54) is 0 Å². The molecular weight excluding hydrogens is 186 g/mol. The van der Waals surface area contributed by atoms with E-state index in [9.17, 15) is 10.2 Å². The molecule has 0 amide bonds. The number of benzene rings is 1. The van der Waals surface area contributed by atoms with Crippen molar-refractivity contribution in [3.8, 4) is 11.5 Å². The summed E-state index contributed by atoms with van der Waals surface area (Å²) in [4.78, 5) is 3.20. The van der Waals surface area contributed by atoms with Crippen molar-refractivity contribution in [3.63, 3.8) is 0 Å². The number of hydrogen-bond acceptors (Lipinski definition) is 3. The summed E-state index contributed by atoms with van der Waals surface area (Å²) in [5.41, 5.74) is 0. The number of hydrogen-bond donors (Lipinski definition) is 3. The van der Waals surface area contributed by atoms with Crippen molar-refractivity contribution in [2.75, 3.05) is 0 Å². The number of phenols is 2. The number of fused-ring (bicyclic) bond motifs is 1. The summed E-state index contributed by atoms with van der Waals surface area (Å²) in [6.07, 6.45) is 3.36. The van der Waals surface area contributed by atoms with Crippen molar-refractivity contribution in [1.82, 2.24) is 0 Å². The molecule has 3 N–H and O–H groups in total. The topological polar surface area (TPSA) is 54.6 Å². The zero-order valence-electron chi connectivity index (χ0n) is 6.65. The standard InChI is InChI=1S/C9H7NO2S/c11-8-6-4-10-2-1-5(6)3-7(13)9(8)12/h1-4,11-13H/p+1. The van der Waals surface area contributed by atoms with Gasteiger partial charge in [-0.15, -0.1) is 12.6 Å². The van der Waals surface area contributed by atoms with Crippen molar-refractivity contribution in [3.05, 3.63) is 24.5 Å². The summed E-state index contributed by atoms with van der Waals surface area (Å²) in [6.45, 7) is 0. The van der Waals surface area contributed by atoms with E-state index in [-0.39, 0.29) is 11.5 Å². The highest BCUT2D eigenvalue weighted by Gasteiger charge is 2.10. The Bertz CT molecular complexity index is 470. The fourth-order valence-electron chi connectivity index (χ4n) is 1.24. The molecule has 4 heteroatoms. The van der Waals surface area contributed by atoms with Crippen molar-refractivity contribution < 1.29 is 15.2 Å². The third kappa shape index (κ3) is 1.19. The maximum absolute atomic E-state index is 9.52. The molecule has 0 spiro atoms. The van der Waals surface area contributed by atoms with Crippen molar-refractivity contribution >= 4 is 23.4 Å². The van der Waals surface area contributed by atoms with Gasteiger partial charge < -0.3 is 10.2 Å². The molecule has 1 aromatic heterocycles. The predicted octanol–water partition coefficient (Wildman–Crippen LogP) is 1.35. The minimum atomic E-state index is -0.185. The zero-order valence-corrected chi connectivity index (χ0v) is 7.55. The Morgan fingerprint density at radius 3 is 2.77 bits per heavy atom. The third-order valence-electron chi connectivity index (χ3n) is 1.91. The Hall–Kier alpha value is -1.42. The van der Waals surface area contributed by atoms with Crippen molar-refractivity contribution in [2.45, 2.75) is 4.90 Å². The monoisotopic (exact) mass is 194 g/mol. The number of aromatic hydroxyl groups is 2. The Morgan fingerprint density at radius 2 is 2.00 bits per heavy atom. The molecular formula is C9H8NO2S+. The van der Waals surface area contributed by atoms with Crippen LogP contribution in [0.3, 0.4) is 0 Å². The van der Waals surface area contributed by atoms with E-state index in [2.05, 4.69) is 17.6 Å². The fraction of sp³-hybridized carbons (Fsp3) is 0. The number of thiol groups is 1. The minimum Gasteiger partial charge on any atom is -0.504 e. The van der Waals surface area contributed by atoms with Crippen LogP contribution in [0.1, 0.15) is 0 Å². The fourth-order valence-corrected chi connectivity index (χ4v) is 1.48. The van der Waals surface area contributed by atoms with Gasteiger partial charge in [-0.25, -0.2) is 4.98 Å². The minimum absolute atomic E-state index is 0.139. The second-order valence-electron chi connectivity index (χ2n) is 2.74. The van der Waals surface area contributed by atoms with E-state index in [0.717, 1.165) is 5.39 Å². The Kier molecular flexibility index (Phi) is 1.77. The summed E-state index contributed by atoms with van der Waals surface area (Å²) in [5, 5.41) is 20.3. The van der Waals surface area contributed by atoms with Gasteiger partial charge in [-0.2, -0.15) is 0 Å². The Morgan fingerprint density at radius 1 is 1.23 bits per heavy atom. The number of phenolic OH excluding ortho intramolecular Hbond substituents is 2. The van der Waals surface area contributed by atoms with Gasteiger partial charge in [0.1, 0.15) is 0 Å². The van der Waals surface area contributed by atoms with E-state index in [1.54, 1.807) is 24.5 Å². The van der Waals surface area contributed by atoms with E-state index >= 15 is 0 Å². The first-order chi connectivity index (χ1) is 6.20. The number of H-pyrrole nitrogens is 1. The van der Waals surface area contributed by atoms with Gasteiger partial charge in [-0.1, -0.05) is 0 Å². The summed E-state index contributed by atoms with van der Waals surface area (Å²) < 4.78 is 0. The van der Waals surface area contributed by atoms with Crippen LogP contribution in [0.4, 0.5) is 0 Å². The molecule has 0 aliphatic rings. The maximum Gasteiger partial charge on any atom is 0.178 e. The van der Waals surface area contributed by atoms with Gasteiger partial charge in [-0.05, 0) is 11.5 Å². The lowest BCUT2D eigenvalue weighted by atomic mass is 10.1. The van der Waals surface area contributed by atoms with Crippen LogP contribution in [0, 0.1) is 0 Å². The smallest absolute Gasteiger partial charge is 0.178 e. The average Bonchev–Trinajstić information content (AvgIpc) is 2.15. The van der Waals surface area contributed by atoms with Crippen LogP contribution in [-0.2, 0) is 0 Å². The summed E-state index contributed by atoms with van der Waals surface area (Å²) in [7, 11) is 0. The van der Waals surface area contributed by atoms with Crippen molar-refractivity contribution in [1.29, 1.82) is 0 Å². The van der Waals surface area contributed by atoms with E-state index in [4.69, 9.17) is 0 Å². The molecule has 0 saturated carbocycles. The number of aromatic amines is 1. The molecule has 1 heterocycles. The highest BCUT2D eigenvalue weighted by Crippen LogP contribution is 2.37. The van der Waals surface area contributed by atoms with Gasteiger partial charge in [0.05, 0.1) is 10.3 Å². The lowest BCUT2D eigenvalue weighted by Gasteiger charge is -2.02. The molecule has 0 aliphatic carbocycles. The number of pyridine rings is 1. The molecule has 0 radical (unpaired) electrons. The summed E-state index contributed by atoms with van der Waals surface area (Å²) in [5.74, 6) is -0.324. The molecule has 2 aromatic rings. The van der Waals surface area contributed by atoms with Gasteiger partial charge in [0, 0.05) is 6.07 Å². The largest absolute Gasteiger partial charge is 0.504 e. The van der Waals surface area contributed by atoms with Crippen LogP contribution in [0.2, 0.25) is 0 Å². The van der Waals surface area contributed by atoms with Crippen LogP contribution in [0.25, 0.3) is 10.8 Å². The molecule has 0 unspecified atom stereocenters. The lowest BCUT2D eigenvalue weighted by molar-refractivity contribution is -0.375. The molecule has 66 valence electrons. The zero-order chi connectivity index (χ0) is 9.42. The molecule has 0 saturated heterocycles. The number of aromatic nitrogens is 1. The summed E-state index contributed by atoms with van der Waals surface area (Å²) >= 11 is 4.02. The van der Waals surface area contributed by atoms with Crippen molar-refractivity contribution in [2.24, 2.45) is 0 Å². The highest BCUT2D eigenvalue weighted by molar-refractivity contribution is 7.80. The first kappa shape index (κ1) is 8.19. The van der Waals surface area contributed by atoms with Gasteiger partial charge in [0.2, 0.25) is 0 Å². The quantitative estimate of drug-likeness (QED) is 0.438. The van der Waals surface area contributed by atoms with Crippen LogP contribution < -0.4 is 4.98 Å². The van der Waals surface area contributed by atoms with Gasteiger partial charge in [0.25, 0.3) is 0 Å². The Balaban J connectivity index is 2.94. The van der Waals surface area contributed by atoms with Crippen LogP contribution >= 0.6 is 12.6 Å². The Labute approximate surface area is 80.1 Å². The normalized spacial score (nSPS) is 10.5. The van der Waals surface area contributed by atoms with Crippen LogP contribution in [0.5, 0.6) is 11.5 Å². The second kappa shape index (κ2) is 2.81. The molecule has 0 aliphatic heterocycles. The van der Waals surface area contributed by atoms with E-state index in [1.807, 2.05) is 0 Å². The predicted molar refractivity (Wildman–Crippen MR) is 51.1 cm³/mol. The molecule has 1 aromatic carbocycles. The lowest BCUT2D eigenvalue weighted by Crippen LogP contribution is -1.97. The molecule has 0 fully saturated rings. The molecule has 0 atom stereocenters. The van der Waals surface area contributed by atoms with E-state index < -0.39 is 0 Å². The van der Waals surface area contributed by atoms with Crippen LogP contribution in [0.15, 0.2) is 29.4 Å². The molecule has 3 nitrogen and oxygen atoms in total. The van der Waals surface area contributed by atoms with Gasteiger partial charge in [-0.3, -0.25) is 0 Å². The average molecular weight is 194 g/mol. The first-order valence-electron chi connectivity index (χ1n) is 3.74. The number of nitrogens with one attached hydrogen (secondary N) is 1. The number of rotatable bonds is 0. The molecule has 0 bridgehead atoms. The SMILES string of the molecule is Oc1c(S)cc2cc[nH+]cc2c1O. The summed E-state index contributed by atoms with van der Waals surface area (Å²) in [6, 6.07) is 3.50. The second-order valence-corrected chi connectivity index (χ2v) is 3.22. The van der Waals surface area contributed by atoms with Gasteiger partial charge in [0.15, 0.2) is 23.9 Å². The highest BCUT2D eigenvalue weighted by atomic mass is 32.1. The first-order valence-corrected chi connectivity index (χ1v) is 4.18. The van der Waals surface area contributed by atoms with E-state index in [0.29, 0.717) is 10.3 Å².